The summed E-state index contributed by atoms with van der Waals surface area (Å²) in [5.74, 6) is -2.06. The largest absolute Gasteiger partial charge is 0.478 e. The maximum Gasteiger partial charge on any atom is 0.335 e. The van der Waals surface area contributed by atoms with Crippen molar-refractivity contribution in [1.82, 2.24) is 4.90 Å². The lowest BCUT2D eigenvalue weighted by Gasteiger charge is -2.14. The van der Waals surface area contributed by atoms with E-state index in [1.807, 2.05) is 0 Å². The number of carbonyl (C=O) groups is 3. The van der Waals surface area contributed by atoms with E-state index >= 15 is 0 Å². The third kappa shape index (κ3) is 3.30. The standard InChI is InChI=1S/C11H12N2O4/c1-13(6-9(12)14)10(15)7-2-4-8(5-3-7)11(16)17/h2-5H,6H2,1H3,(H2,12,14)(H,16,17). The second-order valence-corrected chi connectivity index (χ2v) is 3.51. The van der Waals surface area contributed by atoms with Crippen molar-refractivity contribution in [2.45, 2.75) is 0 Å². The summed E-state index contributed by atoms with van der Waals surface area (Å²) < 4.78 is 0. The lowest BCUT2D eigenvalue weighted by Crippen LogP contribution is -2.35. The zero-order valence-electron chi connectivity index (χ0n) is 9.21. The number of benzene rings is 1. The molecule has 0 aliphatic carbocycles. The zero-order chi connectivity index (χ0) is 13.0. The number of primary amides is 1. The van der Waals surface area contributed by atoms with Gasteiger partial charge in [0.05, 0.1) is 12.1 Å². The molecule has 1 aromatic rings. The summed E-state index contributed by atoms with van der Waals surface area (Å²) in [6, 6.07) is 5.44. The fraction of sp³-hybridized carbons (Fsp3) is 0.182. The highest BCUT2D eigenvalue weighted by Gasteiger charge is 2.13. The van der Waals surface area contributed by atoms with Gasteiger partial charge in [-0.3, -0.25) is 9.59 Å². The van der Waals surface area contributed by atoms with Crippen LogP contribution in [-0.4, -0.2) is 41.4 Å². The van der Waals surface area contributed by atoms with Crippen LogP contribution in [0.25, 0.3) is 0 Å². The average molecular weight is 236 g/mol. The highest BCUT2D eigenvalue weighted by atomic mass is 16.4. The number of hydrogen-bond acceptors (Lipinski definition) is 3. The summed E-state index contributed by atoms with van der Waals surface area (Å²) in [5.41, 5.74) is 5.36. The van der Waals surface area contributed by atoms with Crippen LogP contribution in [0.1, 0.15) is 20.7 Å². The van der Waals surface area contributed by atoms with E-state index in [4.69, 9.17) is 10.8 Å². The number of likely N-dealkylation sites (N-methyl/N-ethyl adjacent to an activating group) is 1. The van der Waals surface area contributed by atoms with Crippen molar-refractivity contribution >= 4 is 17.8 Å². The van der Waals surface area contributed by atoms with Gasteiger partial charge in [-0.25, -0.2) is 4.79 Å². The van der Waals surface area contributed by atoms with Crippen LogP contribution in [0, 0.1) is 0 Å². The van der Waals surface area contributed by atoms with Gasteiger partial charge in [-0.05, 0) is 24.3 Å². The number of nitrogens with zero attached hydrogens (tertiary/aromatic N) is 1. The number of amides is 2. The first-order valence-electron chi connectivity index (χ1n) is 4.79. The van der Waals surface area contributed by atoms with Crippen molar-refractivity contribution in [3.05, 3.63) is 35.4 Å². The molecule has 0 heterocycles. The summed E-state index contributed by atoms with van der Waals surface area (Å²) in [4.78, 5) is 34.1. The molecule has 0 aliphatic heterocycles. The molecule has 0 aliphatic rings. The van der Waals surface area contributed by atoms with Crippen LogP contribution >= 0.6 is 0 Å². The number of aromatic carboxylic acids is 1. The molecule has 0 spiro atoms. The first-order valence-corrected chi connectivity index (χ1v) is 4.79. The van der Waals surface area contributed by atoms with E-state index in [1.165, 1.54) is 31.3 Å². The Kier molecular flexibility index (Phi) is 3.82. The molecule has 6 heteroatoms. The second kappa shape index (κ2) is 5.11. The predicted molar refractivity (Wildman–Crippen MR) is 59.6 cm³/mol. The van der Waals surface area contributed by atoms with Crippen molar-refractivity contribution in [3.8, 4) is 0 Å². The molecule has 3 N–H and O–H groups in total. The Bertz CT molecular complexity index is 453. The Hall–Kier alpha value is -2.37. The normalized spacial score (nSPS) is 9.71. The van der Waals surface area contributed by atoms with Gasteiger partial charge in [0.15, 0.2) is 0 Å². The molecule has 0 atom stereocenters. The molecule has 0 fully saturated rings. The molecule has 0 radical (unpaired) electrons. The van der Waals surface area contributed by atoms with Gasteiger partial charge in [0.25, 0.3) is 5.91 Å². The summed E-state index contributed by atoms with van der Waals surface area (Å²) in [6.07, 6.45) is 0. The highest BCUT2D eigenvalue weighted by molar-refractivity contribution is 5.97. The summed E-state index contributed by atoms with van der Waals surface area (Å²) in [7, 11) is 1.44. The third-order valence-electron chi connectivity index (χ3n) is 2.12. The highest BCUT2D eigenvalue weighted by Crippen LogP contribution is 2.06. The first-order chi connectivity index (χ1) is 7.91. The Morgan fingerprint density at radius 2 is 1.65 bits per heavy atom. The summed E-state index contributed by atoms with van der Waals surface area (Å²) in [5, 5.41) is 8.69. The fourth-order valence-corrected chi connectivity index (χ4v) is 1.28. The van der Waals surface area contributed by atoms with Gasteiger partial charge in [-0.2, -0.15) is 0 Å². The average Bonchev–Trinajstić information content (AvgIpc) is 2.27. The quantitative estimate of drug-likeness (QED) is 0.764. The zero-order valence-corrected chi connectivity index (χ0v) is 9.21. The Morgan fingerprint density at radius 1 is 1.18 bits per heavy atom. The van der Waals surface area contributed by atoms with Crippen LogP contribution in [0.15, 0.2) is 24.3 Å². The molecular weight excluding hydrogens is 224 g/mol. The van der Waals surface area contributed by atoms with Gasteiger partial charge in [0.1, 0.15) is 0 Å². The van der Waals surface area contributed by atoms with Gasteiger partial charge >= 0.3 is 5.97 Å². The maximum atomic E-state index is 11.7. The molecule has 1 rings (SSSR count). The van der Waals surface area contributed by atoms with E-state index in [2.05, 4.69) is 0 Å². The molecule has 1 aromatic carbocycles. The number of nitrogens with two attached hydrogens (primary N) is 1. The SMILES string of the molecule is CN(CC(N)=O)C(=O)c1ccc(C(=O)O)cc1. The number of carboxylic acids is 1. The van der Waals surface area contributed by atoms with Gasteiger partial charge in [0, 0.05) is 12.6 Å². The monoisotopic (exact) mass is 236 g/mol. The molecule has 0 bridgehead atoms. The van der Waals surface area contributed by atoms with Crippen LogP contribution in [0.4, 0.5) is 0 Å². The number of rotatable bonds is 4. The lowest BCUT2D eigenvalue weighted by molar-refractivity contribution is -0.118. The van der Waals surface area contributed by atoms with E-state index in [0.29, 0.717) is 5.56 Å². The van der Waals surface area contributed by atoms with Gasteiger partial charge in [-0.1, -0.05) is 0 Å². The van der Waals surface area contributed by atoms with E-state index in [9.17, 15) is 14.4 Å². The first kappa shape index (κ1) is 12.7. The molecule has 0 saturated carbocycles. The summed E-state index contributed by atoms with van der Waals surface area (Å²) in [6.45, 7) is -0.181. The molecule has 90 valence electrons. The van der Waals surface area contributed by atoms with E-state index in [0.717, 1.165) is 4.90 Å². The van der Waals surface area contributed by atoms with Gasteiger partial charge < -0.3 is 15.7 Å². The van der Waals surface area contributed by atoms with Gasteiger partial charge in [0.2, 0.25) is 5.91 Å². The molecule has 2 amide bonds. The second-order valence-electron chi connectivity index (χ2n) is 3.51. The van der Waals surface area contributed by atoms with E-state index < -0.39 is 11.9 Å². The smallest absolute Gasteiger partial charge is 0.335 e. The van der Waals surface area contributed by atoms with Crippen molar-refractivity contribution in [1.29, 1.82) is 0 Å². The minimum atomic E-state index is -1.06. The van der Waals surface area contributed by atoms with Crippen molar-refractivity contribution < 1.29 is 19.5 Å². The van der Waals surface area contributed by atoms with Crippen molar-refractivity contribution in [3.63, 3.8) is 0 Å². The predicted octanol–water partition coefficient (Wildman–Crippen LogP) is -0.0579. The van der Waals surface area contributed by atoms with Crippen LogP contribution < -0.4 is 5.73 Å². The maximum absolute atomic E-state index is 11.7. The molecule has 0 saturated heterocycles. The minimum absolute atomic E-state index is 0.0964. The molecule has 0 aromatic heterocycles. The lowest BCUT2D eigenvalue weighted by atomic mass is 10.1. The third-order valence-corrected chi connectivity index (χ3v) is 2.12. The van der Waals surface area contributed by atoms with E-state index in [-0.39, 0.29) is 18.0 Å². The van der Waals surface area contributed by atoms with Crippen LogP contribution in [0.3, 0.4) is 0 Å². The Balaban J connectivity index is 2.82. The molecular formula is C11H12N2O4. The van der Waals surface area contributed by atoms with Crippen LogP contribution in [0.5, 0.6) is 0 Å². The molecule has 0 unspecified atom stereocenters. The van der Waals surface area contributed by atoms with Crippen LogP contribution in [-0.2, 0) is 4.79 Å². The Labute approximate surface area is 97.6 Å². The molecule has 17 heavy (non-hydrogen) atoms. The Morgan fingerprint density at radius 3 is 2.06 bits per heavy atom. The van der Waals surface area contributed by atoms with Crippen molar-refractivity contribution in [2.75, 3.05) is 13.6 Å². The van der Waals surface area contributed by atoms with E-state index in [1.54, 1.807) is 0 Å². The number of carboxylic acid groups (broad SMARTS) is 1. The number of hydrogen-bond donors (Lipinski definition) is 2. The van der Waals surface area contributed by atoms with Crippen molar-refractivity contribution in [2.24, 2.45) is 5.73 Å². The summed E-state index contributed by atoms with van der Waals surface area (Å²) >= 11 is 0. The molecule has 6 nitrogen and oxygen atoms in total. The minimum Gasteiger partial charge on any atom is -0.478 e. The topological polar surface area (TPSA) is 101 Å². The number of carbonyl (C=O) groups excluding carboxylic acids is 2. The van der Waals surface area contributed by atoms with Gasteiger partial charge in [-0.15, -0.1) is 0 Å². The fourth-order valence-electron chi connectivity index (χ4n) is 1.28. The van der Waals surface area contributed by atoms with Crippen LogP contribution in [0.2, 0.25) is 0 Å².